The van der Waals surface area contributed by atoms with Crippen LogP contribution in [-0.2, 0) is 6.42 Å². The van der Waals surface area contributed by atoms with Crippen LogP contribution in [0.4, 0.5) is 0 Å². The number of hydrogen-bond acceptors (Lipinski definition) is 3. The third-order valence-electron chi connectivity index (χ3n) is 5.80. The highest BCUT2D eigenvalue weighted by Crippen LogP contribution is 2.38. The Kier molecular flexibility index (Phi) is 4.72. The maximum atomic E-state index is 10.4. The summed E-state index contributed by atoms with van der Waals surface area (Å²) < 4.78 is 0. The number of fused-ring (bicyclic) bond motifs is 1. The molecule has 0 spiro atoms. The summed E-state index contributed by atoms with van der Waals surface area (Å²) in [6.45, 7) is 9.23. The summed E-state index contributed by atoms with van der Waals surface area (Å²) in [6, 6.07) is 2.82. The Balaban J connectivity index is 1.66. The molecule has 1 aromatic heterocycles. The topological polar surface area (TPSA) is 23.5 Å². The zero-order chi connectivity index (χ0) is 15.0. The predicted octanol–water partition coefficient (Wildman–Crippen LogP) is 4.10. The summed E-state index contributed by atoms with van der Waals surface area (Å²) in [6.07, 6.45) is 4.52. The van der Waals surface area contributed by atoms with E-state index in [0.29, 0.717) is 12.0 Å². The molecule has 0 radical (unpaired) electrons. The van der Waals surface area contributed by atoms with Crippen molar-refractivity contribution in [3.8, 4) is 0 Å². The van der Waals surface area contributed by atoms with E-state index in [1.807, 2.05) is 11.3 Å². The fourth-order valence-corrected chi connectivity index (χ4v) is 5.16. The van der Waals surface area contributed by atoms with E-state index in [1.54, 1.807) is 4.88 Å². The van der Waals surface area contributed by atoms with E-state index in [4.69, 9.17) is 0 Å². The minimum absolute atomic E-state index is 0.0870. The molecule has 2 nitrogen and oxygen atoms in total. The van der Waals surface area contributed by atoms with Crippen molar-refractivity contribution < 1.29 is 5.11 Å². The Bertz CT molecular complexity index is 470. The maximum absolute atomic E-state index is 10.4. The van der Waals surface area contributed by atoms with Crippen LogP contribution < -0.4 is 0 Å². The van der Waals surface area contributed by atoms with Gasteiger partial charge < -0.3 is 5.11 Å². The van der Waals surface area contributed by atoms with Crippen LogP contribution in [0.25, 0.3) is 0 Å². The first-order valence-electron chi connectivity index (χ1n) is 8.54. The third kappa shape index (κ3) is 3.20. The molecule has 4 atom stereocenters. The Morgan fingerprint density at radius 3 is 2.95 bits per heavy atom. The lowest BCUT2D eigenvalue weighted by Gasteiger charge is -2.41. The number of thiophene rings is 1. The standard InChI is InChI=1S/C18H29NOS/c1-12(2)14-4-5-17(20)15(10-14)11-19-8-6-18-16(13(19)3)7-9-21-18/h7,9,12-15,17,20H,4-6,8,10-11H2,1-3H3. The van der Waals surface area contributed by atoms with E-state index in [-0.39, 0.29) is 6.10 Å². The molecule has 0 bridgehead atoms. The molecule has 0 aromatic carbocycles. The molecule has 1 N–H and O–H groups in total. The van der Waals surface area contributed by atoms with Crippen LogP contribution in [0.1, 0.15) is 56.5 Å². The lowest BCUT2D eigenvalue weighted by atomic mass is 9.74. The van der Waals surface area contributed by atoms with Crippen LogP contribution in [-0.4, -0.2) is 29.2 Å². The van der Waals surface area contributed by atoms with Crippen LogP contribution in [0, 0.1) is 17.8 Å². The molecule has 118 valence electrons. The van der Waals surface area contributed by atoms with Crippen LogP contribution >= 0.6 is 11.3 Å². The van der Waals surface area contributed by atoms with Gasteiger partial charge in [-0.25, -0.2) is 0 Å². The maximum Gasteiger partial charge on any atom is 0.0580 e. The number of aliphatic hydroxyl groups excluding tert-OH is 1. The highest BCUT2D eigenvalue weighted by atomic mass is 32.1. The van der Waals surface area contributed by atoms with E-state index in [0.717, 1.165) is 31.3 Å². The number of rotatable bonds is 3. The normalized spacial score (nSPS) is 34.1. The van der Waals surface area contributed by atoms with Gasteiger partial charge >= 0.3 is 0 Å². The largest absolute Gasteiger partial charge is 0.393 e. The molecule has 2 aliphatic rings. The number of aliphatic hydroxyl groups is 1. The summed E-state index contributed by atoms with van der Waals surface area (Å²) in [5, 5.41) is 12.6. The van der Waals surface area contributed by atoms with Gasteiger partial charge in [0.1, 0.15) is 0 Å². The summed E-state index contributed by atoms with van der Waals surface area (Å²) in [5.41, 5.74) is 1.52. The average molecular weight is 308 g/mol. The second-order valence-corrected chi connectivity index (χ2v) is 8.37. The first kappa shape index (κ1) is 15.5. The Hall–Kier alpha value is -0.380. The fraction of sp³-hybridized carbons (Fsp3) is 0.778. The van der Waals surface area contributed by atoms with E-state index in [9.17, 15) is 5.11 Å². The van der Waals surface area contributed by atoms with Crippen molar-refractivity contribution in [3.63, 3.8) is 0 Å². The zero-order valence-corrected chi connectivity index (χ0v) is 14.4. The van der Waals surface area contributed by atoms with Crippen molar-refractivity contribution in [2.45, 2.75) is 58.6 Å². The van der Waals surface area contributed by atoms with Gasteiger partial charge in [0.15, 0.2) is 0 Å². The van der Waals surface area contributed by atoms with Crippen molar-refractivity contribution in [2.75, 3.05) is 13.1 Å². The van der Waals surface area contributed by atoms with Gasteiger partial charge in [-0.05, 0) is 67.4 Å². The molecule has 0 saturated heterocycles. The molecule has 3 rings (SSSR count). The highest BCUT2D eigenvalue weighted by Gasteiger charge is 2.34. The van der Waals surface area contributed by atoms with Crippen molar-refractivity contribution in [1.82, 2.24) is 4.90 Å². The van der Waals surface area contributed by atoms with Gasteiger partial charge in [-0.3, -0.25) is 4.90 Å². The SMILES string of the molecule is CC(C)C1CCC(O)C(CN2CCc3sccc3C2C)C1. The molecular weight excluding hydrogens is 278 g/mol. The highest BCUT2D eigenvalue weighted by molar-refractivity contribution is 7.10. The molecule has 3 heteroatoms. The van der Waals surface area contributed by atoms with Gasteiger partial charge in [0, 0.05) is 24.0 Å². The quantitative estimate of drug-likeness (QED) is 0.909. The van der Waals surface area contributed by atoms with E-state index < -0.39 is 0 Å². The molecule has 4 unspecified atom stereocenters. The fourth-order valence-electron chi connectivity index (χ4n) is 4.20. The van der Waals surface area contributed by atoms with E-state index >= 15 is 0 Å². The van der Waals surface area contributed by atoms with Gasteiger partial charge in [-0.1, -0.05) is 13.8 Å². The van der Waals surface area contributed by atoms with Gasteiger partial charge in [-0.15, -0.1) is 11.3 Å². The van der Waals surface area contributed by atoms with Crippen molar-refractivity contribution in [1.29, 1.82) is 0 Å². The molecule has 0 amide bonds. The van der Waals surface area contributed by atoms with Gasteiger partial charge in [0.05, 0.1) is 6.10 Å². The smallest absolute Gasteiger partial charge is 0.0580 e. The Morgan fingerprint density at radius 2 is 2.19 bits per heavy atom. The first-order valence-corrected chi connectivity index (χ1v) is 9.42. The van der Waals surface area contributed by atoms with E-state index in [1.165, 1.54) is 24.8 Å². The third-order valence-corrected chi connectivity index (χ3v) is 6.79. The molecule has 1 aliphatic carbocycles. The first-order chi connectivity index (χ1) is 10.1. The molecule has 1 aliphatic heterocycles. The molecular formula is C18H29NOS. The monoisotopic (exact) mass is 307 g/mol. The predicted molar refractivity (Wildman–Crippen MR) is 89.7 cm³/mol. The second kappa shape index (κ2) is 6.39. The minimum Gasteiger partial charge on any atom is -0.393 e. The summed E-state index contributed by atoms with van der Waals surface area (Å²) in [7, 11) is 0. The Morgan fingerprint density at radius 1 is 1.38 bits per heavy atom. The minimum atomic E-state index is -0.0870. The lowest BCUT2D eigenvalue weighted by molar-refractivity contribution is 0.0106. The lowest BCUT2D eigenvalue weighted by Crippen LogP contribution is -2.42. The summed E-state index contributed by atoms with van der Waals surface area (Å²) in [4.78, 5) is 4.18. The van der Waals surface area contributed by atoms with Gasteiger partial charge in [-0.2, -0.15) is 0 Å². The molecule has 1 fully saturated rings. The second-order valence-electron chi connectivity index (χ2n) is 7.36. The molecule has 2 heterocycles. The molecule has 1 aromatic rings. The summed E-state index contributed by atoms with van der Waals surface area (Å²) in [5.74, 6) is 2.02. The van der Waals surface area contributed by atoms with Gasteiger partial charge in [0.2, 0.25) is 0 Å². The van der Waals surface area contributed by atoms with Crippen LogP contribution in [0.15, 0.2) is 11.4 Å². The van der Waals surface area contributed by atoms with Crippen LogP contribution in [0.2, 0.25) is 0 Å². The molecule has 21 heavy (non-hydrogen) atoms. The van der Waals surface area contributed by atoms with Crippen molar-refractivity contribution in [2.24, 2.45) is 17.8 Å². The van der Waals surface area contributed by atoms with E-state index in [2.05, 4.69) is 37.1 Å². The number of nitrogens with zero attached hydrogens (tertiary/aromatic N) is 1. The van der Waals surface area contributed by atoms with Crippen molar-refractivity contribution in [3.05, 3.63) is 21.9 Å². The summed E-state index contributed by atoms with van der Waals surface area (Å²) >= 11 is 1.91. The average Bonchev–Trinajstić information content (AvgIpc) is 2.93. The Labute approximate surface area is 133 Å². The van der Waals surface area contributed by atoms with Gasteiger partial charge in [0.25, 0.3) is 0 Å². The van der Waals surface area contributed by atoms with Crippen LogP contribution in [0.5, 0.6) is 0 Å². The number of hydrogen-bond donors (Lipinski definition) is 1. The zero-order valence-electron chi connectivity index (χ0n) is 13.6. The van der Waals surface area contributed by atoms with Crippen LogP contribution in [0.3, 0.4) is 0 Å². The van der Waals surface area contributed by atoms with Crippen molar-refractivity contribution >= 4 is 11.3 Å². The molecule has 1 saturated carbocycles.